The van der Waals surface area contributed by atoms with Crippen LogP contribution >= 0.6 is 23.4 Å². The summed E-state index contributed by atoms with van der Waals surface area (Å²) in [7, 11) is 3.65. The fraction of sp³-hybridized carbons (Fsp3) is 0.300. The number of benzene rings is 1. The Morgan fingerprint density at radius 3 is 2.57 bits per heavy atom. The quantitative estimate of drug-likeness (QED) is 0.622. The molecular weight excluding hydrogens is 216 g/mol. The molecule has 2 nitrogen and oxygen atoms in total. The highest BCUT2D eigenvalue weighted by Crippen LogP contribution is 2.15. The van der Waals surface area contributed by atoms with Crippen LogP contribution in [0.25, 0.3) is 0 Å². The summed E-state index contributed by atoms with van der Waals surface area (Å²) in [5, 5.41) is 4.74. The molecule has 0 aliphatic heterocycles. The van der Waals surface area contributed by atoms with E-state index in [1.807, 2.05) is 31.3 Å². The predicted octanol–water partition coefficient (Wildman–Crippen LogP) is 2.78. The van der Waals surface area contributed by atoms with Crippen LogP contribution in [0.15, 0.2) is 29.3 Å². The van der Waals surface area contributed by atoms with Gasteiger partial charge in [-0.25, -0.2) is 0 Å². The third-order valence-corrected chi connectivity index (χ3v) is 3.10. The molecule has 0 amide bonds. The smallest absolute Gasteiger partial charge is 0.156 e. The Kier molecular flexibility index (Phi) is 4.84. The fourth-order valence-electron chi connectivity index (χ4n) is 0.981. The van der Waals surface area contributed by atoms with Gasteiger partial charge in [0.2, 0.25) is 0 Å². The Balaban J connectivity index is 2.49. The first-order chi connectivity index (χ1) is 6.76. The molecule has 0 bridgehead atoms. The lowest BCUT2D eigenvalue weighted by Gasteiger charge is -2.04. The van der Waals surface area contributed by atoms with Crippen molar-refractivity contribution in [1.29, 1.82) is 0 Å². The third kappa shape index (κ3) is 3.60. The monoisotopic (exact) mass is 228 g/mol. The predicted molar refractivity (Wildman–Crippen MR) is 65.2 cm³/mol. The molecule has 0 spiro atoms. The minimum atomic E-state index is 0.775. The van der Waals surface area contributed by atoms with Crippen molar-refractivity contribution in [3.8, 4) is 0 Å². The molecule has 0 radical (unpaired) electrons. The van der Waals surface area contributed by atoms with Gasteiger partial charge in [0.15, 0.2) is 5.17 Å². The second kappa shape index (κ2) is 5.94. The standard InChI is InChI=1S/C10H13ClN2S/c1-12-10(13-2)14-7-8-3-5-9(11)6-4-8/h3-6H,7H2,1-2H3,(H,12,13). The SMILES string of the molecule is CN=C(NC)SCc1ccc(Cl)cc1. The van der Waals surface area contributed by atoms with Crippen molar-refractivity contribution in [2.24, 2.45) is 4.99 Å². The molecule has 1 aromatic rings. The second-order valence-corrected chi connectivity index (χ2v) is 4.09. The van der Waals surface area contributed by atoms with Gasteiger partial charge in [-0.2, -0.15) is 0 Å². The number of nitrogens with zero attached hydrogens (tertiary/aromatic N) is 1. The number of nitrogens with one attached hydrogen (secondary N) is 1. The minimum Gasteiger partial charge on any atom is -0.368 e. The van der Waals surface area contributed by atoms with Crippen molar-refractivity contribution in [3.63, 3.8) is 0 Å². The Hall–Kier alpha value is -0.670. The van der Waals surface area contributed by atoms with E-state index in [1.54, 1.807) is 18.8 Å². The summed E-state index contributed by atoms with van der Waals surface area (Å²) in [5.74, 6) is 0.907. The second-order valence-electron chi connectivity index (χ2n) is 2.69. The van der Waals surface area contributed by atoms with Gasteiger partial charge in [-0.15, -0.1) is 0 Å². The Morgan fingerprint density at radius 1 is 1.43 bits per heavy atom. The number of hydrogen-bond donors (Lipinski definition) is 1. The first-order valence-corrected chi connectivity index (χ1v) is 5.64. The van der Waals surface area contributed by atoms with Crippen LogP contribution in [0.3, 0.4) is 0 Å². The molecule has 4 heteroatoms. The van der Waals surface area contributed by atoms with Gasteiger partial charge in [-0.1, -0.05) is 35.5 Å². The average molecular weight is 229 g/mol. The van der Waals surface area contributed by atoms with Crippen molar-refractivity contribution in [2.45, 2.75) is 5.75 Å². The molecule has 0 fully saturated rings. The summed E-state index contributed by atoms with van der Waals surface area (Å²) in [6.07, 6.45) is 0. The molecule has 14 heavy (non-hydrogen) atoms. The van der Waals surface area contributed by atoms with Gasteiger partial charge in [0.05, 0.1) is 0 Å². The maximum atomic E-state index is 5.79. The normalized spacial score (nSPS) is 11.5. The van der Waals surface area contributed by atoms with Gasteiger partial charge in [0.25, 0.3) is 0 Å². The number of hydrogen-bond acceptors (Lipinski definition) is 2. The highest BCUT2D eigenvalue weighted by Gasteiger charge is 1.97. The van der Waals surface area contributed by atoms with Crippen LogP contribution in [0.4, 0.5) is 0 Å². The molecule has 0 unspecified atom stereocenters. The maximum absolute atomic E-state index is 5.79. The molecule has 1 rings (SSSR count). The Bertz CT molecular complexity index is 308. The third-order valence-electron chi connectivity index (χ3n) is 1.71. The lowest BCUT2D eigenvalue weighted by atomic mass is 10.2. The highest BCUT2D eigenvalue weighted by atomic mass is 35.5. The molecule has 0 aromatic heterocycles. The van der Waals surface area contributed by atoms with Crippen molar-refractivity contribution in [3.05, 3.63) is 34.9 Å². The highest BCUT2D eigenvalue weighted by molar-refractivity contribution is 8.13. The van der Waals surface area contributed by atoms with Gasteiger partial charge in [-0.3, -0.25) is 4.99 Å². The molecule has 0 saturated heterocycles. The van der Waals surface area contributed by atoms with E-state index in [4.69, 9.17) is 11.6 Å². The summed E-state index contributed by atoms with van der Waals surface area (Å²) in [6.45, 7) is 0. The molecule has 1 N–H and O–H groups in total. The largest absolute Gasteiger partial charge is 0.368 e. The lowest BCUT2D eigenvalue weighted by molar-refractivity contribution is 1.18. The zero-order valence-corrected chi connectivity index (χ0v) is 9.82. The first-order valence-electron chi connectivity index (χ1n) is 4.28. The van der Waals surface area contributed by atoms with E-state index in [1.165, 1.54) is 5.56 Å². The molecule has 0 atom stereocenters. The molecular formula is C10H13ClN2S. The van der Waals surface area contributed by atoms with Crippen LogP contribution in [-0.2, 0) is 5.75 Å². The summed E-state index contributed by atoms with van der Waals surface area (Å²) < 4.78 is 0. The minimum absolute atomic E-state index is 0.775. The van der Waals surface area contributed by atoms with Crippen molar-refractivity contribution in [1.82, 2.24) is 5.32 Å². The molecule has 0 saturated carbocycles. The lowest BCUT2D eigenvalue weighted by Crippen LogP contribution is -2.13. The topological polar surface area (TPSA) is 24.4 Å². The van der Waals surface area contributed by atoms with Gasteiger partial charge in [0, 0.05) is 24.9 Å². The maximum Gasteiger partial charge on any atom is 0.156 e. The first kappa shape index (κ1) is 11.4. The average Bonchev–Trinajstić information content (AvgIpc) is 2.22. The van der Waals surface area contributed by atoms with E-state index < -0.39 is 0 Å². The van der Waals surface area contributed by atoms with Crippen LogP contribution < -0.4 is 5.32 Å². The van der Waals surface area contributed by atoms with Crippen LogP contribution in [0, 0.1) is 0 Å². The molecule has 0 heterocycles. The van der Waals surface area contributed by atoms with Gasteiger partial charge in [-0.05, 0) is 17.7 Å². The van der Waals surface area contributed by atoms with Crippen LogP contribution in [0.1, 0.15) is 5.56 Å². The van der Waals surface area contributed by atoms with Gasteiger partial charge >= 0.3 is 0 Å². The van der Waals surface area contributed by atoms with Crippen LogP contribution in [0.5, 0.6) is 0 Å². The van der Waals surface area contributed by atoms with E-state index in [0.29, 0.717) is 0 Å². The number of thioether (sulfide) groups is 1. The van der Waals surface area contributed by atoms with E-state index in [9.17, 15) is 0 Å². The van der Waals surface area contributed by atoms with E-state index in [0.717, 1.165) is 15.9 Å². The Labute approximate surface area is 93.8 Å². The van der Waals surface area contributed by atoms with Crippen molar-refractivity contribution < 1.29 is 0 Å². The summed E-state index contributed by atoms with van der Waals surface area (Å²) >= 11 is 7.46. The molecule has 0 aliphatic carbocycles. The zero-order valence-electron chi connectivity index (χ0n) is 8.25. The van der Waals surface area contributed by atoms with Crippen LogP contribution in [-0.4, -0.2) is 19.3 Å². The molecule has 0 aliphatic rings. The number of amidine groups is 1. The van der Waals surface area contributed by atoms with E-state index in [2.05, 4.69) is 10.3 Å². The van der Waals surface area contributed by atoms with E-state index in [-0.39, 0.29) is 0 Å². The van der Waals surface area contributed by atoms with Crippen molar-refractivity contribution >= 4 is 28.5 Å². The van der Waals surface area contributed by atoms with E-state index >= 15 is 0 Å². The van der Waals surface area contributed by atoms with Crippen LogP contribution in [0.2, 0.25) is 5.02 Å². The Morgan fingerprint density at radius 2 is 2.07 bits per heavy atom. The zero-order chi connectivity index (χ0) is 10.4. The number of aliphatic imine (C=N–C) groups is 1. The fourth-order valence-corrected chi connectivity index (χ4v) is 1.88. The summed E-state index contributed by atoms with van der Waals surface area (Å²) in [5.41, 5.74) is 1.25. The number of halogens is 1. The van der Waals surface area contributed by atoms with Gasteiger partial charge < -0.3 is 5.32 Å². The number of rotatable bonds is 2. The van der Waals surface area contributed by atoms with Gasteiger partial charge in [0.1, 0.15) is 0 Å². The molecule has 76 valence electrons. The summed E-state index contributed by atoms with van der Waals surface area (Å²) in [4.78, 5) is 4.08. The summed E-state index contributed by atoms with van der Waals surface area (Å²) in [6, 6.07) is 7.86. The van der Waals surface area contributed by atoms with Crippen molar-refractivity contribution in [2.75, 3.05) is 14.1 Å². The molecule has 1 aromatic carbocycles.